The quantitative estimate of drug-likeness (QED) is 0.658. The van der Waals surface area contributed by atoms with E-state index in [0.29, 0.717) is 18.0 Å². The van der Waals surface area contributed by atoms with Crippen molar-refractivity contribution in [3.63, 3.8) is 0 Å². The minimum Gasteiger partial charge on any atom is -0.486 e. The maximum atomic E-state index is 6.06. The summed E-state index contributed by atoms with van der Waals surface area (Å²) >= 11 is 3.51. The molecule has 0 amide bonds. The van der Waals surface area contributed by atoms with E-state index >= 15 is 0 Å². The van der Waals surface area contributed by atoms with Crippen LogP contribution in [0.15, 0.2) is 59.1 Å². The molecule has 2 aromatic rings. The van der Waals surface area contributed by atoms with Crippen LogP contribution in [0.1, 0.15) is 6.92 Å². The van der Waals surface area contributed by atoms with Gasteiger partial charge in [-0.1, -0.05) is 36.9 Å². The Hall–Kier alpha value is -1.74. The number of hydrogen-bond acceptors (Lipinski definition) is 2. The number of halogens is 1. The van der Waals surface area contributed by atoms with Crippen LogP contribution in [0, 0.1) is 0 Å². The van der Waals surface area contributed by atoms with Gasteiger partial charge in [0, 0.05) is 0 Å². The highest BCUT2D eigenvalue weighted by Crippen LogP contribution is 2.36. The first-order valence-corrected chi connectivity index (χ1v) is 6.79. The second kappa shape index (κ2) is 5.93. The standard InChI is InChI=1S/C16H16BrNO/c1-11(2)10-19-16-14(17)8-13(9-15(16)18)12-6-4-3-5-7-12/h3-9H,1,10,18H2,2H3. The van der Waals surface area contributed by atoms with Crippen molar-refractivity contribution in [2.24, 2.45) is 0 Å². The Bertz CT molecular complexity index is 570. The van der Waals surface area contributed by atoms with Gasteiger partial charge in [-0.05, 0) is 51.7 Å². The van der Waals surface area contributed by atoms with Gasteiger partial charge in [0.1, 0.15) is 6.61 Å². The maximum Gasteiger partial charge on any atom is 0.156 e. The lowest BCUT2D eigenvalue weighted by atomic mass is 10.1. The van der Waals surface area contributed by atoms with Gasteiger partial charge in [-0.25, -0.2) is 0 Å². The summed E-state index contributed by atoms with van der Waals surface area (Å²) in [7, 11) is 0. The van der Waals surface area contributed by atoms with Gasteiger partial charge in [0.25, 0.3) is 0 Å². The fourth-order valence-corrected chi connectivity index (χ4v) is 2.35. The highest BCUT2D eigenvalue weighted by Gasteiger charge is 2.09. The van der Waals surface area contributed by atoms with Gasteiger partial charge in [-0.15, -0.1) is 0 Å². The smallest absolute Gasteiger partial charge is 0.156 e. The van der Waals surface area contributed by atoms with Gasteiger partial charge in [-0.3, -0.25) is 0 Å². The van der Waals surface area contributed by atoms with Gasteiger partial charge >= 0.3 is 0 Å². The Balaban J connectivity index is 2.34. The van der Waals surface area contributed by atoms with Gasteiger partial charge in [0.15, 0.2) is 5.75 Å². The van der Waals surface area contributed by atoms with Gasteiger partial charge in [-0.2, -0.15) is 0 Å². The maximum absolute atomic E-state index is 6.06. The molecule has 98 valence electrons. The largest absolute Gasteiger partial charge is 0.486 e. The molecule has 0 heterocycles. The van der Waals surface area contributed by atoms with E-state index in [4.69, 9.17) is 10.5 Å². The van der Waals surface area contributed by atoms with Crippen LogP contribution in [-0.2, 0) is 0 Å². The molecule has 0 bridgehead atoms. The molecule has 0 aromatic heterocycles. The van der Waals surface area contributed by atoms with Gasteiger partial charge in [0.05, 0.1) is 10.2 Å². The SMILES string of the molecule is C=C(C)COc1c(N)cc(-c2ccccc2)cc1Br. The molecule has 0 fully saturated rings. The van der Waals surface area contributed by atoms with Crippen LogP contribution in [0.2, 0.25) is 0 Å². The van der Waals surface area contributed by atoms with Crippen molar-refractivity contribution in [1.82, 2.24) is 0 Å². The summed E-state index contributed by atoms with van der Waals surface area (Å²) in [4.78, 5) is 0. The Labute approximate surface area is 122 Å². The van der Waals surface area contributed by atoms with Gasteiger partial charge in [0.2, 0.25) is 0 Å². The molecule has 0 aliphatic rings. The van der Waals surface area contributed by atoms with E-state index in [1.165, 1.54) is 0 Å². The van der Waals surface area contributed by atoms with Crippen molar-refractivity contribution in [3.05, 3.63) is 59.1 Å². The third-order valence-corrected chi connectivity index (χ3v) is 3.23. The van der Waals surface area contributed by atoms with Crippen molar-refractivity contribution in [3.8, 4) is 16.9 Å². The van der Waals surface area contributed by atoms with E-state index in [1.54, 1.807) is 0 Å². The van der Waals surface area contributed by atoms with Crippen molar-refractivity contribution in [1.29, 1.82) is 0 Å². The topological polar surface area (TPSA) is 35.2 Å². The highest BCUT2D eigenvalue weighted by molar-refractivity contribution is 9.10. The van der Waals surface area contributed by atoms with E-state index in [-0.39, 0.29) is 0 Å². The molecule has 2 nitrogen and oxygen atoms in total. The number of ether oxygens (including phenoxy) is 1. The molecule has 0 saturated carbocycles. The molecule has 2 N–H and O–H groups in total. The van der Waals surface area contributed by atoms with E-state index in [0.717, 1.165) is 21.2 Å². The van der Waals surface area contributed by atoms with E-state index < -0.39 is 0 Å². The molecule has 2 aromatic carbocycles. The summed E-state index contributed by atoms with van der Waals surface area (Å²) < 4.78 is 6.50. The molecular formula is C16H16BrNO. The van der Waals surface area contributed by atoms with Crippen molar-refractivity contribution in [2.45, 2.75) is 6.92 Å². The van der Waals surface area contributed by atoms with Gasteiger partial charge < -0.3 is 10.5 Å². The molecule has 0 unspecified atom stereocenters. The molecule has 0 saturated heterocycles. The van der Waals surface area contributed by atoms with E-state index in [1.807, 2.05) is 37.3 Å². The first-order valence-electron chi connectivity index (χ1n) is 5.99. The Morgan fingerprint density at radius 2 is 1.89 bits per heavy atom. The molecular weight excluding hydrogens is 302 g/mol. The Morgan fingerprint density at radius 3 is 2.47 bits per heavy atom. The van der Waals surface area contributed by atoms with Crippen LogP contribution in [0.25, 0.3) is 11.1 Å². The van der Waals surface area contributed by atoms with Crippen LogP contribution >= 0.6 is 15.9 Å². The summed E-state index contributed by atoms with van der Waals surface area (Å²) in [5.41, 5.74) is 9.83. The molecule has 0 atom stereocenters. The summed E-state index contributed by atoms with van der Waals surface area (Å²) in [5, 5.41) is 0. The molecule has 0 spiro atoms. The third kappa shape index (κ3) is 3.38. The third-order valence-electron chi connectivity index (χ3n) is 2.64. The number of nitrogen functional groups attached to an aromatic ring is 1. The Morgan fingerprint density at radius 1 is 1.21 bits per heavy atom. The molecule has 19 heavy (non-hydrogen) atoms. The summed E-state index contributed by atoms with van der Waals surface area (Å²) in [6.07, 6.45) is 0. The summed E-state index contributed by atoms with van der Waals surface area (Å²) in [6.45, 7) is 6.20. The zero-order chi connectivity index (χ0) is 13.8. The molecule has 0 aliphatic heterocycles. The van der Waals surface area contributed by atoms with Crippen molar-refractivity contribution >= 4 is 21.6 Å². The molecule has 0 aliphatic carbocycles. The number of benzene rings is 2. The fourth-order valence-electron chi connectivity index (χ4n) is 1.76. The number of hydrogen-bond donors (Lipinski definition) is 1. The van der Waals surface area contributed by atoms with Crippen LogP contribution in [0.5, 0.6) is 5.75 Å². The number of anilines is 1. The van der Waals surface area contributed by atoms with E-state index in [2.05, 4.69) is 34.6 Å². The molecule has 3 heteroatoms. The second-order valence-corrected chi connectivity index (χ2v) is 5.34. The first-order chi connectivity index (χ1) is 9.08. The average Bonchev–Trinajstić information content (AvgIpc) is 2.38. The number of nitrogens with two attached hydrogens (primary N) is 1. The lowest BCUT2D eigenvalue weighted by Gasteiger charge is -2.13. The minimum atomic E-state index is 0.466. The zero-order valence-electron chi connectivity index (χ0n) is 10.8. The second-order valence-electron chi connectivity index (χ2n) is 4.49. The lowest BCUT2D eigenvalue weighted by Crippen LogP contribution is -2.01. The predicted octanol–water partition coefficient (Wildman–Crippen LogP) is 4.65. The van der Waals surface area contributed by atoms with Crippen LogP contribution in [-0.4, -0.2) is 6.61 Å². The zero-order valence-corrected chi connectivity index (χ0v) is 12.4. The predicted molar refractivity (Wildman–Crippen MR) is 84.3 cm³/mol. The van der Waals surface area contributed by atoms with Crippen LogP contribution in [0.4, 0.5) is 5.69 Å². The van der Waals surface area contributed by atoms with E-state index in [9.17, 15) is 0 Å². The van der Waals surface area contributed by atoms with Crippen LogP contribution in [0.3, 0.4) is 0 Å². The summed E-state index contributed by atoms with van der Waals surface area (Å²) in [6, 6.07) is 14.0. The summed E-state index contributed by atoms with van der Waals surface area (Å²) in [5.74, 6) is 0.669. The highest BCUT2D eigenvalue weighted by atomic mass is 79.9. The van der Waals surface area contributed by atoms with Crippen molar-refractivity contribution < 1.29 is 4.74 Å². The molecule has 0 radical (unpaired) electrons. The molecule has 2 rings (SSSR count). The monoisotopic (exact) mass is 317 g/mol. The fraction of sp³-hybridized carbons (Fsp3) is 0.125. The minimum absolute atomic E-state index is 0.466. The normalized spacial score (nSPS) is 10.2. The number of rotatable bonds is 4. The lowest BCUT2D eigenvalue weighted by molar-refractivity contribution is 0.352. The van der Waals surface area contributed by atoms with Crippen LogP contribution < -0.4 is 10.5 Å². The first kappa shape index (κ1) is 13.7. The Kier molecular flexibility index (Phi) is 4.27. The average molecular weight is 318 g/mol. The van der Waals surface area contributed by atoms with Crippen molar-refractivity contribution in [2.75, 3.05) is 12.3 Å².